The van der Waals surface area contributed by atoms with Crippen molar-refractivity contribution in [1.82, 2.24) is 0 Å². The van der Waals surface area contributed by atoms with Crippen molar-refractivity contribution in [3.8, 4) is 0 Å². The molecule has 0 fully saturated rings. The van der Waals surface area contributed by atoms with Crippen LogP contribution in [0.2, 0.25) is 0 Å². The fourth-order valence-electron chi connectivity index (χ4n) is 3.23. The molecule has 0 aliphatic heterocycles. The predicted octanol–water partition coefficient (Wildman–Crippen LogP) is 4.41. The van der Waals surface area contributed by atoms with E-state index in [-0.39, 0.29) is 6.10 Å². The van der Waals surface area contributed by atoms with Gasteiger partial charge in [-0.05, 0) is 49.9 Å². The van der Waals surface area contributed by atoms with E-state index in [1.807, 2.05) is 6.92 Å². The van der Waals surface area contributed by atoms with E-state index >= 15 is 0 Å². The van der Waals surface area contributed by atoms with Gasteiger partial charge in [-0.2, -0.15) is 0 Å². The Morgan fingerprint density at radius 3 is 2.35 bits per heavy atom. The highest BCUT2D eigenvalue weighted by Crippen LogP contribution is 2.49. The van der Waals surface area contributed by atoms with Gasteiger partial charge in [0.15, 0.2) is 0 Å². The topological polar surface area (TPSA) is 20.2 Å². The van der Waals surface area contributed by atoms with Gasteiger partial charge in [-0.3, -0.25) is 0 Å². The summed E-state index contributed by atoms with van der Waals surface area (Å²) < 4.78 is 0. The molecule has 1 heteroatoms. The standard InChI is InChI=1S/C16H30O/c1-7-14(10-11(2)13(4)17)15-9-8-12(3)16(15,5)6/h8,11,13-15,17H,7,9-10H2,1-6H3. The average Bonchev–Trinajstić information content (AvgIpc) is 2.51. The molecule has 0 heterocycles. The zero-order chi connectivity index (χ0) is 13.2. The Hall–Kier alpha value is -0.300. The molecule has 17 heavy (non-hydrogen) atoms. The molecule has 100 valence electrons. The van der Waals surface area contributed by atoms with Gasteiger partial charge in [0.25, 0.3) is 0 Å². The monoisotopic (exact) mass is 238 g/mol. The van der Waals surface area contributed by atoms with E-state index in [0.29, 0.717) is 11.3 Å². The summed E-state index contributed by atoms with van der Waals surface area (Å²) in [6.45, 7) is 13.4. The number of aliphatic hydroxyl groups is 1. The Balaban J connectivity index is 2.70. The molecule has 1 aliphatic carbocycles. The van der Waals surface area contributed by atoms with Crippen LogP contribution in [0, 0.1) is 23.2 Å². The third-order valence-electron chi connectivity index (χ3n) is 5.21. The van der Waals surface area contributed by atoms with E-state index in [4.69, 9.17) is 0 Å². The first-order valence-electron chi connectivity index (χ1n) is 7.16. The Kier molecular flexibility index (Phi) is 4.83. The quantitative estimate of drug-likeness (QED) is 0.703. The molecule has 0 aromatic rings. The highest BCUT2D eigenvalue weighted by molar-refractivity contribution is 5.19. The van der Waals surface area contributed by atoms with Gasteiger partial charge in [0.05, 0.1) is 6.10 Å². The van der Waals surface area contributed by atoms with Gasteiger partial charge in [0.2, 0.25) is 0 Å². The highest BCUT2D eigenvalue weighted by atomic mass is 16.3. The maximum atomic E-state index is 9.68. The van der Waals surface area contributed by atoms with Gasteiger partial charge in [-0.25, -0.2) is 0 Å². The van der Waals surface area contributed by atoms with Crippen molar-refractivity contribution in [2.75, 3.05) is 0 Å². The van der Waals surface area contributed by atoms with E-state index in [9.17, 15) is 5.11 Å². The maximum absolute atomic E-state index is 9.68. The lowest BCUT2D eigenvalue weighted by atomic mass is 9.68. The minimum absolute atomic E-state index is 0.178. The van der Waals surface area contributed by atoms with Crippen molar-refractivity contribution in [3.05, 3.63) is 11.6 Å². The molecular formula is C16H30O. The number of allylic oxidation sites excluding steroid dienone is 2. The van der Waals surface area contributed by atoms with Gasteiger partial charge >= 0.3 is 0 Å². The normalized spacial score (nSPS) is 28.6. The summed E-state index contributed by atoms with van der Waals surface area (Å²) in [5.74, 6) is 1.91. The fraction of sp³-hybridized carbons (Fsp3) is 0.875. The Morgan fingerprint density at radius 2 is 2.00 bits per heavy atom. The molecular weight excluding hydrogens is 208 g/mol. The van der Waals surface area contributed by atoms with Gasteiger partial charge < -0.3 is 5.11 Å². The van der Waals surface area contributed by atoms with Crippen LogP contribution in [0.1, 0.15) is 60.8 Å². The van der Waals surface area contributed by atoms with Gasteiger partial charge in [-0.15, -0.1) is 0 Å². The van der Waals surface area contributed by atoms with Crippen molar-refractivity contribution in [2.24, 2.45) is 23.2 Å². The van der Waals surface area contributed by atoms with Crippen LogP contribution in [0.25, 0.3) is 0 Å². The van der Waals surface area contributed by atoms with Crippen molar-refractivity contribution in [3.63, 3.8) is 0 Å². The molecule has 0 aromatic heterocycles. The molecule has 1 N–H and O–H groups in total. The number of aliphatic hydroxyl groups excluding tert-OH is 1. The lowest BCUT2D eigenvalue weighted by Crippen LogP contribution is -2.30. The number of hydrogen-bond acceptors (Lipinski definition) is 1. The summed E-state index contributed by atoms with van der Waals surface area (Å²) in [5.41, 5.74) is 1.89. The molecule has 0 saturated heterocycles. The molecule has 4 atom stereocenters. The van der Waals surface area contributed by atoms with E-state index in [2.05, 4.69) is 40.7 Å². The van der Waals surface area contributed by atoms with Crippen LogP contribution in [0.15, 0.2) is 11.6 Å². The van der Waals surface area contributed by atoms with Crippen LogP contribution in [-0.4, -0.2) is 11.2 Å². The number of rotatable bonds is 5. The summed E-state index contributed by atoms with van der Waals surface area (Å²) in [6, 6.07) is 0. The van der Waals surface area contributed by atoms with Crippen molar-refractivity contribution in [1.29, 1.82) is 0 Å². The first-order chi connectivity index (χ1) is 7.80. The first-order valence-corrected chi connectivity index (χ1v) is 7.16. The Bertz CT molecular complexity index is 275. The van der Waals surface area contributed by atoms with Crippen molar-refractivity contribution >= 4 is 0 Å². The second kappa shape index (κ2) is 5.56. The smallest absolute Gasteiger partial charge is 0.0537 e. The van der Waals surface area contributed by atoms with Gasteiger partial charge in [-0.1, -0.05) is 45.8 Å². The third-order valence-corrected chi connectivity index (χ3v) is 5.21. The second-order valence-electron chi connectivity index (χ2n) is 6.57. The summed E-state index contributed by atoms with van der Waals surface area (Å²) in [6.07, 6.45) is 5.85. The molecule has 0 saturated carbocycles. The highest BCUT2D eigenvalue weighted by Gasteiger charge is 2.39. The molecule has 1 aliphatic rings. The van der Waals surface area contributed by atoms with E-state index < -0.39 is 0 Å². The molecule has 0 spiro atoms. The molecule has 1 nitrogen and oxygen atoms in total. The second-order valence-corrected chi connectivity index (χ2v) is 6.57. The molecule has 0 bridgehead atoms. The molecule has 4 unspecified atom stereocenters. The SMILES string of the molecule is CCC(CC(C)C(C)O)C1CC=C(C)C1(C)C. The number of hydrogen-bond donors (Lipinski definition) is 1. The largest absolute Gasteiger partial charge is 0.393 e. The summed E-state index contributed by atoms with van der Waals surface area (Å²) in [4.78, 5) is 0. The van der Waals surface area contributed by atoms with Crippen LogP contribution in [0.4, 0.5) is 0 Å². The van der Waals surface area contributed by atoms with E-state index in [1.165, 1.54) is 12.8 Å². The maximum Gasteiger partial charge on any atom is 0.0537 e. The third kappa shape index (κ3) is 3.13. The summed E-state index contributed by atoms with van der Waals surface area (Å²) >= 11 is 0. The van der Waals surface area contributed by atoms with Crippen molar-refractivity contribution in [2.45, 2.75) is 66.9 Å². The van der Waals surface area contributed by atoms with Gasteiger partial charge in [0.1, 0.15) is 0 Å². The zero-order valence-corrected chi connectivity index (χ0v) is 12.5. The van der Waals surface area contributed by atoms with Crippen LogP contribution >= 0.6 is 0 Å². The first kappa shape index (κ1) is 14.8. The molecule has 0 amide bonds. The van der Waals surface area contributed by atoms with E-state index in [1.54, 1.807) is 5.57 Å². The molecule has 0 aromatic carbocycles. The van der Waals surface area contributed by atoms with E-state index in [0.717, 1.165) is 18.3 Å². The minimum atomic E-state index is -0.178. The average molecular weight is 238 g/mol. The zero-order valence-electron chi connectivity index (χ0n) is 12.5. The lowest BCUT2D eigenvalue weighted by Gasteiger charge is -2.37. The van der Waals surface area contributed by atoms with Gasteiger partial charge in [0, 0.05) is 0 Å². The van der Waals surface area contributed by atoms with Crippen LogP contribution in [0.5, 0.6) is 0 Å². The molecule has 0 radical (unpaired) electrons. The minimum Gasteiger partial charge on any atom is -0.393 e. The van der Waals surface area contributed by atoms with Crippen LogP contribution in [-0.2, 0) is 0 Å². The van der Waals surface area contributed by atoms with Crippen molar-refractivity contribution < 1.29 is 5.11 Å². The Morgan fingerprint density at radius 1 is 1.41 bits per heavy atom. The van der Waals surface area contributed by atoms with Crippen LogP contribution < -0.4 is 0 Å². The predicted molar refractivity (Wildman–Crippen MR) is 74.9 cm³/mol. The molecule has 1 rings (SSSR count). The summed E-state index contributed by atoms with van der Waals surface area (Å²) in [7, 11) is 0. The Labute approximate surface area is 107 Å². The lowest BCUT2D eigenvalue weighted by molar-refractivity contribution is 0.0917. The van der Waals surface area contributed by atoms with Crippen LogP contribution in [0.3, 0.4) is 0 Å². The summed E-state index contributed by atoms with van der Waals surface area (Å²) in [5, 5.41) is 9.68. The fourth-order valence-corrected chi connectivity index (χ4v) is 3.23.